The molecule has 0 fully saturated rings. The van der Waals surface area contributed by atoms with Gasteiger partial charge in [-0.2, -0.15) is 0 Å². The van der Waals surface area contributed by atoms with Crippen LogP contribution in [0.3, 0.4) is 0 Å². The summed E-state index contributed by atoms with van der Waals surface area (Å²) in [6, 6.07) is 15.7. The summed E-state index contributed by atoms with van der Waals surface area (Å²) in [5.41, 5.74) is 7.37. The molecule has 0 atom stereocenters. The number of hydrogen-bond donors (Lipinski definition) is 1. The van der Waals surface area contributed by atoms with Crippen molar-refractivity contribution in [3.8, 4) is 0 Å². The Morgan fingerprint density at radius 3 is 2.71 bits per heavy atom. The van der Waals surface area contributed by atoms with E-state index in [0.29, 0.717) is 0 Å². The lowest BCUT2D eigenvalue weighted by Crippen LogP contribution is -2.14. The van der Waals surface area contributed by atoms with Crippen LogP contribution in [-0.2, 0) is 19.3 Å². The Bertz CT molecular complexity index is 586. The number of fused-ring (bicyclic) bond motifs is 1. The van der Waals surface area contributed by atoms with E-state index < -0.39 is 0 Å². The Kier molecular flexibility index (Phi) is 4.59. The first-order valence-corrected chi connectivity index (χ1v) is 8.29. The van der Waals surface area contributed by atoms with Gasteiger partial charge in [0.1, 0.15) is 0 Å². The van der Waals surface area contributed by atoms with E-state index >= 15 is 0 Å². The van der Waals surface area contributed by atoms with E-state index in [0.717, 1.165) is 13.0 Å². The molecule has 0 aliphatic carbocycles. The lowest BCUT2D eigenvalue weighted by Gasteiger charge is -2.23. The molecule has 0 amide bonds. The third kappa shape index (κ3) is 3.47. The Balaban J connectivity index is 1.90. The first kappa shape index (κ1) is 14.2. The van der Waals surface area contributed by atoms with E-state index in [2.05, 4.69) is 54.7 Å². The highest BCUT2D eigenvalue weighted by Gasteiger charge is 2.14. The second kappa shape index (κ2) is 6.80. The van der Waals surface area contributed by atoms with Crippen LogP contribution < -0.4 is 5.32 Å². The zero-order valence-electron chi connectivity index (χ0n) is 13.0. The summed E-state index contributed by atoms with van der Waals surface area (Å²) in [5, 5.41) is 3.63. The van der Waals surface area contributed by atoms with Crippen molar-refractivity contribution in [2.24, 2.45) is 0 Å². The molecule has 1 heterocycles. The SMILES string of the molecule is CCCCc1cc(Cc2ccccc2)cc2c1NCCC2. The van der Waals surface area contributed by atoms with Crippen LogP contribution in [0.2, 0.25) is 0 Å². The summed E-state index contributed by atoms with van der Waals surface area (Å²) in [5.74, 6) is 0. The normalized spacial score (nSPS) is 13.6. The number of benzene rings is 2. The lowest BCUT2D eigenvalue weighted by molar-refractivity contribution is 0.778. The molecule has 0 radical (unpaired) electrons. The van der Waals surface area contributed by atoms with Crippen LogP contribution in [-0.4, -0.2) is 6.54 Å². The molecule has 2 aromatic carbocycles. The van der Waals surface area contributed by atoms with Gasteiger partial charge in [-0.05, 0) is 54.4 Å². The van der Waals surface area contributed by atoms with E-state index in [1.807, 2.05) is 0 Å². The zero-order chi connectivity index (χ0) is 14.5. The van der Waals surface area contributed by atoms with Gasteiger partial charge < -0.3 is 5.32 Å². The summed E-state index contributed by atoms with van der Waals surface area (Å²) < 4.78 is 0. The van der Waals surface area contributed by atoms with Crippen molar-refractivity contribution in [2.45, 2.75) is 45.4 Å². The number of hydrogen-bond acceptors (Lipinski definition) is 1. The number of unbranched alkanes of at least 4 members (excludes halogenated alkanes) is 1. The van der Waals surface area contributed by atoms with Gasteiger partial charge in [-0.3, -0.25) is 0 Å². The van der Waals surface area contributed by atoms with Crippen molar-refractivity contribution in [3.63, 3.8) is 0 Å². The maximum atomic E-state index is 3.63. The summed E-state index contributed by atoms with van der Waals surface area (Å²) in [7, 11) is 0. The van der Waals surface area contributed by atoms with Crippen LogP contribution in [0.15, 0.2) is 42.5 Å². The molecule has 3 rings (SSSR count). The highest BCUT2D eigenvalue weighted by atomic mass is 14.9. The summed E-state index contributed by atoms with van der Waals surface area (Å²) in [4.78, 5) is 0. The first-order chi connectivity index (χ1) is 10.4. The monoisotopic (exact) mass is 279 g/mol. The van der Waals surface area contributed by atoms with Gasteiger partial charge in [0.25, 0.3) is 0 Å². The standard InChI is InChI=1S/C20H25N/c1-2-3-10-18-14-17(13-16-8-5-4-6-9-16)15-19-11-7-12-21-20(18)19/h4-6,8-9,14-15,21H,2-3,7,10-13H2,1H3. The molecule has 2 aromatic rings. The molecular weight excluding hydrogens is 254 g/mol. The fourth-order valence-electron chi connectivity index (χ4n) is 3.25. The van der Waals surface area contributed by atoms with Crippen molar-refractivity contribution in [3.05, 3.63) is 64.7 Å². The largest absolute Gasteiger partial charge is 0.385 e. The molecular formula is C20H25N. The third-order valence-electron chi connectivity index (χ3n) is 4.34. The molecule has 0 spiro atoms. The van der Waals surface area contributed by atoms with Gasteiger partial charge >= 0.3 is 0 Å². The number of aryl methyl sites for hydroxylation is 2. The van der Waals surface area contributed by atoms with Gasteiger partial charge in [-0.15, -0.1) is 0 Å². The smallest absolute Gasteiger partial charge is 0.0405 e. The molecule has 1 aliphatic heterocycles. The van der Waals surface area contributed by atoms with Crippen molar-refractivity contribution in [1.29, 1.82) is 0 Å². The van der Waals surface area contributed by atoms with E-state index in [1.54, 1.807) is 0 Å². The molecule has 0 bridgehead atoms. The Morgan fingerprint density at radius 1 is 1.05 bits per heavy atom. The van der Waals surface area contributed by atoms with Crippen LogP contribution in [0.4, 0.5) is 5.69 Å². The predicted octanol–water partition coefficient (Wildman–Crippen LogP) is 4.98. The molecule has 0 aromatic heterocycles. The maximum Gasteiger partial charge on any atom is 0.0405 e. The van der Waals surface area contributed by atoms with E-state index in [9.17, 15) is 0 Å². The second-order valence-corrected chi connectivity index (χ2v) is 6.09. The topological polar surface area (TPSA) is 12.0 Å². The first-order valence-electron chi connectivity index (χ1n) is 8.29. The molecule has 110 valence electrons. The predicted molar refractivity (Wildman–Crippen MR) is 91.1 cm³/mol. The van der Waals surface area contributed by atoms with Gasteiger partial charge in [0.2, 0.25) is 0 Å². The minimum absolute atomic E-state index is 1.05. The van der Waals surface area contributed by atoms with Crippen LogP contribution in [0, 0.1) is 0 Å². The van der Waals surface area contributed by atoms with Gasteiger partial charge in [0.05, 0.1) is 0 Å². The van der Waals surface area contributed by atoms with E-state index in [1.165, 1.54) is 60.0 Å². The average Bonchev–Trinajstić information content (AvgIpc) is 2.53. The molecule has 0 saturated heterocycles. The van der Waals surface area contributed by atoms with Crippen LogP contribution in [0.5, 0.6) is 0 Å². The molecule has 1 aliphatic rings. The quantitative estimate of drug-likeness (QED) is 0.814. The molecule has 21 heavy (non-hydrogen) atoms. The fraction of sp³-hybridized carbons (Fsp3) is 0.400. The average molecular weight is 279 g/mol. The van der Waals surface area contributed by atoms with Crippen LogP contribution in [0.25, 0.3) is 0 Å². The molecule has 1 N–H and O–H groups in total. The van der Waals surface area contributed by atoms with Crippen LogP contribution in [0.1, 0.15) is 48.4 Å². The summed E-state index contributed by atoms with van der Waals surface area (Å²) in [6.45, 7) is 3.40. The highest BCUT2D eigenvalue weighted by molar-refractivity contribution is 5.61. The Hall–Kier alpha value is -1.76. The number of rotatable bonds is 5. The highest BCUT2D eigenvalue weighted by Crippen LogP contribution is 2.30. The molecule has 0 unspecified atom stereocenters. The van der Waals surface area contributed by atoms with Crippen LogP contribution >= 0.6 is 0 Å². The number of anilines is 1. The maximum absolute atomic E-state index is 3.63. The van der Waals surface area contributed by atoms with E-state index in [4.69, 9.17) is 0 Å². The Morgan fingerprint density at radius 2 is 1.90 bits per heavy atom. The summed E-state index contributed by atoms with van der Waals surface area (Å²) >= 11 is 0. The third-order valence-corrected chi connectivity index (χ3v) is 4.34. The lowest BCUT2D eigenvalue weighted by atomic mass is 9.92. The molecule has 1 heteroatoms. The number of nitrogens with one attached hydrogen (secondary N) is 1. The van der Waals surface area contributed by atoms with Crippen molar-refractivity contribution < 1.29 is 0 Å². The summed E-state index contributed by atoms with van der Waals surface area (Å²) in [6.07, 6.45) is 7.28. The minimum atomic E-state index is 1.05. The van der Waals surface area contributed by atoms with Crippen molar-refractivity contribution >= 4 is 5.69 Å². The second-order valence-electron chi connectivity index (χ2n) is 6.09. The molecule has 1 nitrogen and oxygen atoms in total. The zero-order valence-corrected chi connectivity index (χ0v) is 13.0. The van der Waals surface area contributed by atoms with Gasteiger partial charge in [-0.1, -0.05) is 55.8 Å². The van der Waals surface area contributed by atoms with Gasteiger partial charge in [0, 0.05) is 12.2 Å². The molecule has 0 saturated carbocycles. The van der Waals surface area contributed by atoms with Gasteiger partial charge in [-0.25, -0.2) is 0 Å². The van der Waals surface area contributed by atoms with E-state index in [-0.39, 0.29) is 0 Å². The van der Waals surface area contributed by atoms with Gasteiger partial charge in [0.15, 0.2) is 0 Å². The minimum Gasteiger partial charge on any atom is -0.385 e. The fourth-order valence-corrected chi connectivity index (χ4v) is 3.25. The van der Waals surface area contributed by atoms with Crippen molar-refractivity contribution in [1.82, 2.24) is 0 Å². The van der Waals surface area contributed by atoms with Crippen molar-refractivity contribution in [2.75, 3.05) is 11.9 Å². The Labute approximate surface area is 128 Å².